The number of rotatable bonds is 3. The van der Waals surface area contributed by atoms with Gasteiger partial charge in [0.25, 0.3) is 0 Å². The largest absolute Gasteiger partial charge is 0.462 e. The van der Waals surface area contributed by atoms with Gasteiger partial charge < -0.3 is 4.74 Å². The highest BCUT2D eigenvalue weighted by Gasteiger charge is 2.25. The van der Waals surface area contributed by atoms with Crippen molar-refractivity contribution in [3.05, 3.63) is 12.2 Å². The second-order valence-corrected chi connectivity index (χ2v) is 4.03. The number of carbonyl (C=O) groups excluding carboxylic acids is 1. The molecule has 0 aromatic heterocycles. The first-order valence-corrected chi connectivity index (χ1v) is 4.94. The maximum atomic E-state index is 11.2. The summed E-state index contributed by atoms with van der Waals surface area (Å²) in [6.45, 7) is 7.77. The first-order chi connectivity index (χ1) is 6.09. The minimum atomic E-state index is -0.0297. The molecular formula is C11H18O2. The topological polar surface area (TPSA) is 26.3 Å². The third-order valence-corrected chi connectivity index (χ3v) is 2.50. The van der Waals surface area contributed by atoms with Gasteiger partial charge in [0.2, 0.25) is 0 Å². The van der Waals surface area contributed by atoms with E-state index in [-0.39, 0.29) is 18.0 Å². The quantitative estimate of drug-likeness (QED) is 0.495. The third kappa shape index (κ3) is 3.21. The molecule has 2 atom stereocenters. The summed E-state index contributed by atoms with van der Waals surface area (Å²) in [7, 11) is 0. The predicted molar refractivity (Wildman–Crippen MR) is 52.3 cm³/mol. The molecule has 1 aliphatic rings. The lowest BCUT2D eigenvalue weighted by molar-refractivity contribution is -0.159. The van der Waals surface area contributed by atoms with E-state index in [9.17, 15) is 4.79 Å². The summed E-state index contributed by atoms with van der Waals surface area (Å²) in [5, 5.41) is 0. The van der Waals surface area contributed by atoms with E-state index < -0.39 is 0 Å². The summed E-state index contributed by atoms with van der Waals surface area (Å²) in [6, 6.07) is 0. The molecule has 0 N–H and O–H groups in total. The lowest BCUT2D eigenvalue weighted by Crippen LogP contribution is -2.29. The molecule has 0 aliphatic carbocycles. The van der Waals surface area contributed by atoms with Crippen LogP contribution in [0, 0.1) is 5.92 Å². The summed E-state index contributed by atoms with van der Waals surface area (Å²) in [5.74, 6) is 0.0686. The molecule has 0 radical (unpaired) electrons. The van der Waals surface area contributed by atoms with E-state index in [0.717, 1.165) is 31.3 Å². The Bertz CT molecular complexity index is 208. The van der Waals surface area contributed by atoms with Gasteiger partial charge in [-0.05, 0) is 32.6 Å². The molecule has 0 bridgehead atoms. The molecule has 1 fully saturated rings. The third-order valence-electron chi connectivity index (χ3n) is 2.50. The molecule has 0 amide bonds. The van der Waals surface area contributed by atoms with Gasteiger partial charge in [0.1, 0.15) is 6.10 Å². The van der Waals surface area contributed by atoms with Crippen LogP contribution in [0.15, 0.2) is 12.2 Å². The summed E-state index contributed by atoms with van der Waals surface area (Å²) in [6.07, 6.45) is 4.03. The Morgan fingerprint density at radius 3 is 2.85 bits per heavy atom. The number of hydrogen-bond donors (Lipinski definition) is 0. The van der Waals surface area contributed by atoms with E-state index in [4.69, 9.17) is 4.74 Å². The van der Waals surface area contributed by atoms with Crippen molar-refractivity contribution in [1.82, 2.24) is 0 Å². The Balaban J connectivity index is 2.29. The van der Waals surface area contributed by atoms with E-state index in [2.05, 4.69) is 6.58 Å². The summed E-state index contributed by atoms with van der Waals surface area (Å²) in [5.41, 5.74) is 1.16. The molecule has 2 heteroatoms. The van der Waals surface area contributed by atoms with Crippen LogP contribution >= 0.6 is 0 Å². The van der Waals surface area contributed by atoms with Gasteiger partial charge in [0.15, 0.2) is 0 Å². The van der Waals surface area contributed by atoms with Crippen LogP contribution in [-0.4, -0.2) is 12.1 Å². The Morgan fingerprint density at radius 2 is 2.31 bits per heavy atom. The van der Waals surface area contributed by atoms with E-state index in [1.807, 2.05) is 13.8 Å². The fourth-order valence-corrected chi connectivity index (χ4v) is 1.50. The highest BCUT2D eigenvalue weighted by Crippen LogP contribution is 2.23. The van der Waals surface area contributed by atoms with E-state index in [1.165, 1.54) is 0 Å². The molecule has 1 unspecified atom stereocenters. The molecule has 2 nitrogen and oxygen atoms in total. The highest BCUT2D eigenvalue weighted by molar-refractivity contribution is 5.72. The number of esters is 1. The summed E-state index contributed by atoms with van der Waals surface area (Å²) in [4.78, 5) is 11.2. The molecule has 1 rings (SSSR count). The van der Waals surface area contributed by atoms with Crippen molar-refractivity contribution in [3.63, 3.8) is 0 Å². The molecule has 0 aromatic carbocycles. The zero-order valence-electron chi connectivity index (χ0n) is 8.51. The Kier molecular flexibility index (Phi) is 3.52. The van der Waals surface area contributed by atoms with E-state index in [0.29, 0.717) is 0 Å². The van der Waals surface area contributed by atoms with E-state index in [1.54, 1.807) is 0 Å². The molecule has 1 saturated heterocycles. The standard InChI is InChI=1S/C11H18O2/c1-8(2)4-6-10-7-5-9(3)11(12)13-10/h9-10H,1,4-7H2,2-3H3/t9?,10-/m0/s1. The van der Waals surface area contributed by atoms with Crippen molar-refractivity contribution in [2.24, 2.45) is 5.92 Å². The average Bonchev–Trinajstić information content (AvgIpc) is 2.07. The molecule has 0 saturated carbocycles. The minimum absolute atomic E-state index is 0.0297. The lowest BCUT2D eigenvalue weighted by Gasteiger charge is -2.26. The van der Waals surface area contributed by atoms with Gasteiger partial charge in [-0.1, -0.05) is 12.5 Å². The van der Waals surface area contributed by atoms with Crippen LogP contribution in [0.4, 0.5) is 0 Å². The fourth-order valence-electron chi connectivity index (χ4n) is 1.50. The van der Waals surface area contributed by atoms with E-state index >= 15 is 0 Å². The number of cyclic esters (lactones) is 1. The molecule has 0 aromatic rings. The number of carbonyl (C=O) groups is 1. The predicted octanol–water partition coefficient (Wildman–Crippen LogP) is 2.68. The average molecular weight is 182 g/mol. The van der Waals surface area contributed by atoms with Crippen LogP contribution in [-0.2, 0) is 9.53 Å². The van der Waals surface area contributed by atoms with Crippen molar-refractivity contribution in [3.8, 4) is 0 Å². The van der Waals surface area contributed by atoms with Crippen molar-refractivity contribution in [2.45, 2.75) is 45.6 Å². The highest BCUT2D eigenvalue weighted by atomic mass is 16.5. The molecular weight excluding hydrogens is 164 g/mol. The fraction of sp³-hybridized carbons (Fsp3) is 0.727. The molecule has 1 heterocycles. The van der Waals surface area contributed by atoms with Crippen molar-refractivity contribution >= 4 is 5.97 Å². The van der Waals surface area contributed by atoms with Crippen molar-refractivity contribution < 1.29 is 9.53 Å². The number of hydrogen-bond acceptors (Lipinski definition) is 2. The van der Waals surface area contributed by atoms with Crippen LogP contribution in [0.2, 0.25) is 0 Å². The van der Waals surface area contributed by atoms with Gasteiger partial charge in [-0.15, -0.1) is 6.58 Å². The van der Waals surface area contributed by atoms with Crippen LogP contribution in [0.25, 0.3) is 0 Å². The molecule has 1 aliphatic heterocycles. The Morgan fingerprint density at radius 1 is 1.62 bits per heavy atom. The van der Waals surface area contributed by atoms with Gasteiger partial charge in [-0.25, -0.2) is 0 Å². The second-order valence-electron chi connectivity index (χ2n) is 4.03. The van der Waals surface area contributed by atoms with Gasteiger partial charge in [-0.3, -0.25) is 4.79 Å². The maximum absolute atomic E-state index is 11.2. The molecule has 0 spiro atoms. The zero-order chi connectivity index (χ0) is 9.84. The van der Waals surface area contributed by atoms with Crippen LogP contribution in [0.3, 0.4) is 0 Å². The van der Waals surface area contributed by atoms with Gasteiger partial charge in [-0.2, -0.15) is 0 Å². The monoisotopic (exact) mass is 182 g/mol. The van der Waals surface area contributed by atoms with Crippen LogP contribution in [0.1, 0.15) is 39.5 Å². The minimum Gasteiger partial charge on any atom is -0.462 e. The van der Waals surface area contributed by atoms with Gasteiger partial charge >= 0.3 is 5.97 Å². The zero-order valence-corrected chi connectivity index (χ0v) is 8.51. The number of ether oxygens (including phenoxy) is 1. The number of allylic oxidation sites excluding steroid dienone is 1. The first-order valence-electron chi connectivity index (χ1n) is 4.94. The maximum Gasteiger partial charge on any atom is 0.308 e. The lowest BCUT2D eigenvalue weighted by atomic mass is 9.96. The molecule has 74 valence electrons. The molecule has 13 heavy (non-hydrogen) atoms. The van der Waals surface area contributed by atoms with Crippen LogP contribution < -0.4 is 0 Å². The summed E-state index contributed by atoms with van der Waals surface area (Å²) >= 11 is 0. The Labute approximate surface area is 80.0 Å². The second kappa shape index (κ2) is 4.45. The van der Waals surface area contributed by atoms with Gasteiger partial charge in [0, 0.05) is 0 Å². The summed E-state index contributed by atoms with van der Waals surface area (Å²) < 4.78 is 5.27. The smallest absolute Gasteiger partial charge is 0.308 e. The Hall–Kier alpha value is -0.790. The SMILES string of the molecule is C=C(C)CC[C@H]1CCC(C)C(=O)O1. The van der Waals surface area contributed by atoms with Crippen LogP contribution in [0.5, 0.6) is 0 Å². The van der Waals surface area contributed by atoms with Crippen molar-refractivity contribution in [1.29, 1.82) is 0 Å². The van der Waals surface area contributed by atoms with Crippen molar-refractivity contribution in [2.75, 3.05) is 0 Å². The van der Waals surface area contributed by atoms with Gasteiger partial charge in [0.05, 0.1) is 5.92 Å². The first kappa shape index (κ1) is 10.3. The normalized spacial score (nSPS) is 28.3.